The lowest BCUT2D eigenvalue weighted by Crippen LogP contribution is -2.55. The number of hydrogen-bond donors (Lipinski definition) is 1. The summed E-state index contributed by atoms with van der Waals surface area (Å²) in [4.78, 5) is 17.9. The smallest absolute Gasteiger partial charge is 0.290 e. The first-order chi connectivity index (χ1) is 10.3. The van der Waals surface area contributed by atoms with E-state index in [2.05, 4.69) is 20.8 Å². The van der Waals surface area contributed by atoms with E-state index in [1.807, 2.05) is 6.92 Å². The molecule has 1 aliphatic carbocycles. The fourth-order valence-corrected chi connectivity index (χ4v) is 4.64. The Morgan fingerprint density at radius 2 is 2.09 bits per heavy atom. The SMILES string of the molecule is COn1ccc2c(c1=O)C1C(C)C(O)C(C)CC1(C)C(C)O2. The molecular weight excluding hydrogens is 282 g/mol. The van der Waals surface area contributed by atoms with Crippen molar-refractivity contribution in [2.75, 3.05) is 7.11 Å². The van der Waals surface area contributed by atoms with Crippen LogP contribution in [0.25, 0.3) is 0 Å². The molecule has 0 radical (unpaired) electrons. The Balaban J connectivity index is 2.22. The number of rotatable bonds is 1. The normalized spacial score (nSPS) is 40.4. The molecule has 1 aliphatic heterocycles. The molecule has 2 aliphatic rings. The lowest BCUT2D eigenvalue weighted by atomic mass is 9.54. The van der Waals surface area contributed by atoms with Crippen molar-refractivity contribution < 1.29 is 14.7 Å². The van der Waals surface area contributed by atoms with E-state index in [4.69, 9.17) is 9.57 Å². The highest BCUT2D eigenvalue weighted by molar-refractivity contribution is 5.39. The van der Waals surface area contributed by atoms with Crippen LogP contribution in [0.1, 0.15) is 45.6 Å². The lowest BCUT2D eigenvalue weighted by Gasteiger charge is -2.55. The molecule has 1 fully saturated rings. The predicted octanol–water partition coefficient (Wildman–Crippen LogP) is 1.81. The zero-order valence-electron chi connectivity index (χ0n) is 13.9. The molecule has 1 aromatic rings. The van der Waals surface area contributed by atoms with Gasteiger partial charge in [0.05, 0.1) is 17.9 Å². The molecule has 1 N–H and O–H groups in total. The van der Waals surface area contributed by atoms with Crippen LogP contribution in [0.4, 0.5) is 0 Å². The number of pyridine rings is 1. The highest BCUT2D eigenvalue weighted by atomic mass is 16.6. The van der Waals surface area contributed by atoms with Gasteiger partial charge in [-0.15, -0.1) is 0 Å². The molecule has 0 amide bonds. The molecule has 6 unspecified atom stereocenters. The average Bonchev–Trinajstić information content (AvgIpc) is 2.47. The molecule has 6 atom stereocenters. The summed E-state index contributed by atoms with van der Waals surface area (Å²) in [6.07, 6.45) is 2.01. The Morgan fingerprint density at radius 3 is 2.73 bits per heavy atom. The van der Waals surface area contributed by atoms with Gasteiger partial charge in [0.2, 0.25) is 0 Å². The summed E-state index contributed by atoms with van der Waals surface area (Å²) in [5, 5.41) is 10.5. The highest BCUT2D eigenvalue weighted by Gasteiger charge is 2.55. The first kappa shape index (κ1) is 15.4. The van der Waals surface area contributed by atoms with Crippen molar-refractivity contribution in [1.29, 1.82) is 0 Å². The number of aliphatic hydroxyl groups excluding tert-OH is 1. The van der Waals surface area contributed by atoms with Crippen molar-refractivity contribution in [3.05, 3.63) is 28.2 Å². The van der Waals surface area contributed by atoms with E-state index in [1.54, 1.807) is 12.3 Å². The van der Waals surface area contributed by atoms with Crippen LogP contribution in [-0.2, 0) is 0 Å². The molecule has 0 bridgehead atoms. The van der Waals surface area contributed by atoms with Crippen LogP contribution in [0.5, 0.6) is 5.75 Å². The van der Waals surface area contributed by atoms with E-state index in [1.165, 1.54) is 11.8 Å². The van der Waals surface area contributed by atoms with Crippen LogP contribution in [0.15, 0.2) is 17.1 Å². The number of ether oxygens (including phenoxy) is 1. The summed E-state index contributed by atoms with van der Waals surface area (Å²) < 4.78 is 7.30. The molecule has 1 saturated carbocycles. The van der Waals surface area contributed by atoms with Crippen molar-refractivity contribution in [2.24, 2.45) is 17.3 Å². The highest BCUT2D eigenvalue weighted by Crippen LogP contribution is 2.57. The van der Waals surface area contributed by atoms with Crippen molar-refractivity contribution in [3.8, 4) is 5.75 Å². The van der Waals surface area contributed by atoms with Crippen LogP contribution < -0.4 is 15.1 Å². The van der Waals surface area contributed by atoms with Gasteiger partial charge in [-0.2, -0.15) is 4.73 Å². The summed E-state index contributed by atoms with van der Waals surface area (Å²) in [6, 6.07) is 1.79. The summed E-state index contributed by atoms with van der Waals surface area (Å²) in [5.41, 5.74) is 0.289. The summed E-state index contributed by atoms with van der Waals surface area (Å²) >= 11 is 0. The third-order valence-electron chi connectivity index (χ3n) is 5.92. The Hall–Kier alpha value is -1.49. The molecule has 3 rings (SSSR count). The van der Waals surface area contributed by atoms with Crippen LogP contribution in [0.2, 0.25) is 0 Å². The van der Waals surface area contributed by atoms with Crippen molar-refractivity contribution in [3.63, 3.8) is 0 Å². The van der Waals surface area contributed by atoms with Crippen LogP contribution in [0, 0.1) is 17.3 Å². The summed E-state index contributed by atoms with van der Waals surface area (Å²) in [5.74, 6) is 0.783. The van der Waals surface area contributed by atoms with Gasteiger partial charge in [0.1, 0.15) is 19.0 Å². The third kappa shape index (κ3) is 1.91. The molecular formula is C17H25NO4. The zero-order valence-corrected chi connectivity index (χ0v) is 13.9. The number of aromatic nitrogens is 1. The molecule has 2 heterocycles. The van der Waals surface area contributed by atoms with E-state index >= 15 is 0 Å². The van der Waals surface area contributed by atoms with E-state index in [0.717, 1.165) is 6.42 Å². The Morgan fingerprint density at radius 1 is 1.41 bits per heavy atom. The fourth-order valence-electron chi connectivity index (χ4n) is 4.64. The second kappa shape index (κ2) is 5.01. The Bertz CT molecular complexity index is 640. The monoisotopic (exact) mass is 307 g/mol. The van der Waals surface area contributed by atoms with Gasteiger partial charge in [-0.3, -0.25) is 4.79 Å². The second-order valence-electron chi connectivity index (χ2n) is 7.18. The van der Waals surface area contributed by atoms with Gasteiger partial charge in [0.25, 0.3) is 5.56 Å². The van der Waals surface area contributed by atoms with Crippen LogP contribution >= 0.6 is 0 Å². The predicted molar refractivity (Wildman–Crippen MR) is 83.1 cm³/mol. The maximum Gasteiger partial charge on any atom is 0.290 e. The van der Waals surface area contributed by atoms with Gasteiger partial charge in [-0.05, 0) is 25.2 Å². The average molecular weight is 307 g/mol. The first-order valence-electron chi connectivity index (χ1n) is 7.96. The minimum atomic E-state index is -0.410. The number of nitrogens with zero attached hydrogens (tertiary/aromatic N) is 1. The van der Waals surface area contributed by atoms with Gasteiger partial charge < -0.3 is 14.7 Å². The molecule has 0 spiro atoms. The third-order valence-corrected chi connectivity index (χ3v) is 5.92. The second-order valence-corrected chi connectivity index (χ2v) is 7.18. The zero-order chi connectivity index (χ0) is 16.2. The van der Waals surface area contributed by atoms with E-state index in [-0.39, 0.29) is 34.8 Å². The van der Waals surface area contributed by atoms with Crippen molar-refractivity contribution in [1.82, 2.24) is 4.73 Å². The number of aliphatic hydroxyl groups is 1. The van der Waals surface area contributed by atoms with Gasteiger partial charge in [0, 0.05) is 17.4 Å². The fraction of sp³-hybridized carbons (Fsp3) is 0.706. The maximum absolute atomic E-state index is 12.8. The van der Waals surface area contributed by atoms with E-state index in [9.17, 15) is 9.90 Å². The van der Waals surface area contributed by atoms with Crippen LogP contribution in [0.3, 0.4) is 0 Å². The summed E-state index contributed by atoms with van der Waals surface area (Å²) in [6.45, 7) is 8.35. The minimum absolute atomic E-state index is 0.000180. The molecule has 1 aromatic heterocycles. The lowest BCUT2D eigenvalue weighted by molar-refractivity contribution is -0.0934. The standard InChI is InChI=1S/C17H25NO4/c1-9-8-17(4)11(3)22-12-6-7-18(21-5)16(20)13(12)14(17)10(2)15(9)19/h6-7,9-11,14-15,19H,8H2,1-5H3. The van der Waals surface area contributed by atoms with Crippen LogP contribution in [-0.4, -0.2) is 29.2 Å². The number of fused-ring (bicyclic) bond motifs is 3. The molecule has 122 valence electrons. The molecule has 0 saturated heterocycles. The largest absolute Gasteiger partial charge is 0.490 e. The topological polar surface area (TPSA) is 60.7 Å². The molecule has 5 heteroatoms. The van der Waals surface area contributed by atoms with Gasteiger partial charge >= 0.3 is 0 Å². The quantitative estimate of drug-likeness (QED) is 0.859. The Kier molecular flexibility index (Phi) is 3.51. The van der Waals surface area contributed by atoms with Gasteiger partial charge in [-0.1, -0.05) is 20.8 Å². The summed E-state index contributed by atoms with van der Waals surface area (Å²) in [7, 11) is 1.47. The van der Waals surface area contributed by atoms with Gasteiger partial charge in [-0.25, -0.2) is 0 Å². The molecule has 0 aromatic carbocycles. The van der Waals surface area contributed by atoms with E-state index < -0.39 is 6.10 Å². The minimum Gasteiger partial charge on any atom is -0.490 e. The molecule has 5 nitrogen and oxygen atoms in total. The number of hydrogen-bond acceptors (Lipinski definition) is 4. The van der Waals surface area contributed by atoms with E-state index in [0.29, 0.717) is 11.3 Å². The maximum atomic E-state index is 12.8. The van der Waals surface area contributed by atoms with Crippen molar-refractivity contribution >= 4 is 0 Å². The Labute approximate surface area is 130 Å². The first-order valence-corrected chi connectivity index (χ1v) is 7.96. The van der Waals surface area contributed by atoms with Crippen molar-refractivity contribution in [2.45, 2.75) is 52.2 Å². The van der Waals surface area contributed by atoms with Gasteiger partial charge in [0.15, 0.2) is 0 Å². The molecule has 22 heavy (non-hydrogen) atoms.